The third-order valence-corrected chi connectivity index (χ3v) is 5.26. The van der Waals surface area contributed by atoms with Gasteiger partial charge >= 0.3 is 0 Å². The molecule has 2 aliphatic rings. The smallest absolute Gasteiger partial charge is 0.270 e. The normalized spacial score (nSPS) is 30.6. The van der Waals surface area contributed by atoms with E-state index in [0.29, 0.717) is 5.56 Å². The molecule has 7 heteroatoms. The van der Waals surface area contributed by atoms with Gasteiger partial charge in [0.05, 0.1) is 0 Å². The van der Waals surface area contributed by atoms with E-state index in [1.165, 1.54) is 6.20 Å². The number of hydrogen-bond acceptors (Lipinski definition) is 4. The fourth-order valence-corrected chi connectivity index (χ4v) is 4.45. The highest BCUT2D eigenvalue weighted by atomic mass is 35.5. The number of carbonyl (C=O) groups excluding carboxylic acids is 1. The van der Waals surface area contributed by atoms with Gasteiger partial charge in [-0.25, -0.2) is 9.37 Å². The summed E-state index contributed by atoms with van der Waals surface area (Å²) in [6, 6.07) is 1.64. The summed E-state index contributed by atoms with van der Waals surface area (Å²) in [4.78, 5) is 17.5. The Balaban J connectivity index is 0.00000192. The molecule has 1 aliphatic heterocycles. The van der Waals surface area contributed by atoms with Gasteiger partial charge in [0.25, 0.3) is 5.91 Å². The van der Waals surface area contributed by atoms with Crippen LogP contribution in [0.4, 0.5) is 4.39 Å². The Labute approximate surface area is 141 Å². The Bertz CT molecular complexity index is 585. The average molecular weight is 344 g/mol. The SMILES string of the molecule is CO[C@]1(c2ccnc(C(N)=O)c2F)[C@@H]2CCC[C@H]1CN(C)C2.Cl. The first-order valence-electron chi connectivity index (χ1n) is 7.69. The number of nitrogens with two attached hydrogens (primary N) is 1. The van der Waals surface area contributed by atoms with Gasteiger partial charge in [0.1, 0.15) is 5.60 Å². The fourth-order valence-electron chi connectivity index (χ4n) is 4.45. The van der Waals surface area contributed by atoms with E-state index in [2.05, 4.69) is 16.9 Å². The Kier molecular flexibility index (Phi) is 5.28. The zero-order valence-electron chi connectivity index (χ0n) is 13.4. The number of hydrogen-bond donors (Lipinski definition) is 1. The van der Waals surface area contributed by atoms with E-state index in [9.17, 15) is 9.18 Å². The zero-order chi connectivity index (χ0) is 15.9. The molecule has 0 aromatic carbocycles. The van der Waals surface area contributed by atoms with Crippen LogP contribution in [0.1, 0.15) is 35.3 Å². The van der Waals surface area contributed by atoms with Gasteiger partial charge in [0.2, 0.25) is 0 Å². The summed E-state index contributed by atoms with van der Waals surface area (Å²) in [5, 5.41) is 0. The second-order valence-corrected chi connectivity index (χ2v) is 6.43. The summed E-state index contributed by atoms with van der Waals surface area (Å²) in [7, 11) is 3.73. The summed E-state index contributed by atoms with van der Waals surface area (Å²) < 4.78 is 20.8. The number of ether oxygens (including phenoxy) is 1. The van der Waals surface area contributed by atoms with Crippen molar-refractivity contribution in [3.8, 4) is 0 Å². The number of halogens is 2. The van der Waals surface area contributed by atoms with Crippen molar-refractivity contribution in [2.45, 2.75) is 24.9 Å². The summed E-state index contributed by atoms with van der Waals surface area (Å²) in [6.07, 6.45) is 4.56. The van der Waals surface area contributed by atoms with Crippen LogP contribution in [0.25, 0.3) is 0 Å². The van der Waals surface area contributed by atoms with E-state index in [-0.39, 0.29) is 29.9 Å². The van der Waals surface area contributed by atoms with Crippen molar-refractivity contribution in [1.82, 2.24) is 9.88 Å². The molecule has 1 saturated carbocycles. The maximum atomic E-state index is 14.9. The molecule has 0 unspecified atom stereocenters. The molecular weight excluding hydrogens is 321 g/mol. The van der Waals surface area contributed by atoms with E-state index in [0.717, 1.165) is 32.4 Å². The van der Waals surface area contributed by atoms with Gasteiger partial charge in [0, 0.05) is 43.8 Å². The molecule has 1 aromatic rings. The van der Waals surface area contributed by atoms with Crippen LogP contribution in [-0.2, 0) is 10.3 Å². The van der Waals surface area contributed by atoms with Crippen LogP contribution in [0.2, 0.25) is 0 Å². The molecule has 128 valence electrons. The first kappa shape index (κ1) is 18.1. The van der Waals surface area contributed by atoms with E-state index in [1.807, 2.05) is 0 Å². The van der Waals surface area contributed by atoms with Crippen LogP contribution < -0.4 is 5.73 Å². The molecule has 1 aromatic heterocycles. The minimum absolute atomic E-state index is 0. The fraction of sp³-hybridized carbons (Fsp3) is 0.625. The van der Waals surface area contributed by atoms with E-state index >= 15 is 0 Å². The Morgan fingerprint density at radius 1 is 1.43 bits per heavy atom. The quantitative estimate of drug-likeness (QED) is 0.910. The number of fused-ring (bicyclic) bond motifs is 2. The second-order valence-electron chi connectivity index (χ2n) is 6.43. The number of aromatic nitrogens is 1. The minimum atomic E-state index is -0.844. The lowest BCUT2D eigenvalue weighted by atomic mass is 9.62. The topological polar surface area (TPSA) is 68.5 Å². The molecule has 2 fully saturated rings. The van der Waals surface area contributed by atoms with Gasteiger partial charge < -0.3 is 15.4 Å². The molecule has 0 radical (unpaired) electrons. The van der Waals surface area contributed by atoms with Crippen LogP contribution in [0.3, 0.4) is 0 Å². The monoisotopic (exact) mass is 343 g/mol. The maximum absolute atomic E-state index is 14.9. The second kappa shape index (κ2) is 6.71. The van der Waals surface area contributed by atoms with Crippen molar-refractivity contribution in [2.75, 3.05) is 27.2 Å². The van der Waals surface area contributed by atoms with Gasteiger partial charge in [-0.2, -0.15) is 0 Å². The number of nitrogens with zero attached hydrogens (tertiary/aromatic N) is 2. The van der Waals surface area contributed by atoms with Gasteiger partial charge in [-0.15, -0.1) is 12.4 Å². The lowest BCUT2D eigenvalue weighted by Crippen LogP contribution is -2.58. The number of carbonyl (C=O) groups is 1. The van der Waals surface area contributed by atoms with Crippen molar-refractivity contribution in [2.24, 2.45) is 17.6 Å². The molecule has 1 saturated heterocycles. The maximum Gasteiger partial charge on any atom is 0.270 e. The molecule has 2 bridgehead atoms. The minimum Gasteiger partial charge on any atom is -0.373 e. The van der Waals surface area contributed by atoms with Crippen LogP contribution >= 0.6 is 12.4 Å². The lowest BCUT2D eigenvalue weighted by Gasteiger charge is -2.54. The summed E-state index contributed by atoms with van der Waals surface area (Å²) in [5.74, 6) is -1.07. The molecule has 3 atom stereocenters. The number of rotatable bonds is 3. The van der Waals surface area contributed by atoms with Gasteiger partial charge in [-0.05, 0) is 26.0 Å². The highest BCUT2D eigenvalue weighted by Crippen LogP contribution is 2.51. The van der Waals surface area contributed by atoms with Gasteiger partial charge in [0.15, 0.2) is 11.5 Å². The molecule has 0 spiro atoms. The summed E-state index contributed by atoms with van der Waals surface area (Å²) in [6.45, 7) is 1.72. The molecular formula is C16H23ClFN3O2. The van der Waals surface area contributed by atoms with Crippen molar-refractivity contribution in [3.05, 3.63) is 29.3 Å². The number of amides is 1. The number of likely N-dealkylation sites (tertiary alicyclic amines) is 1. The first-order chi connectivity index (χ1) is 10.5. The molecule has 1 amide bonds. The van der Waals surface area contributed by atoms with Crippen molar-refractivity contribution >= 4 is 18.3 Å². The van der Waals surface area contributed by atoms with Crippen LogP contribution in [0.5, 0.6) is 0 Å². The molecule has 1 aliphatic carbocycles. The van der Waals surface area contributed by atoms with Crippen molar-refractivity contribution < 1.29 is 13.9 Å². The predicted octanol–water partition coefficient (Wildman–Crippen LogP) is 1.94. The van der Waals surface area contributed by atoms with E-state index in [4.69, 9.17) is 10.5 Å². The van der Waals surface area contributed by atoms with E-state index < -0.39 is 17.3 Å². The lowest BCUT2D eigenvalue weighted by molar-refractivity contribution is -0.167. The van der Waals surface area contributed by atoms with Crippen LogP contribution in [0.15, 0.2) is 12.3 Å². The third kappa shape index (κ3) is 2.73. The Hall–Kier alpha value is -1.24. The summed E-state index contributed by atoms with van der Waals surface area (Å²) in [5.41, 5.74) is 4.68. The highest BCUT2D eigenvalue weighted by Gasteiger charge is 2.54. The van der Waals surface area contributed by atoms with Crippen LogP contribution in [-0.4, -0.2) is 43.0 Å². The van der Waals surface area contributed by atoms with Crippen molar-refractivity contribution in [1.29, 1.82) is 0 Å². The largest absolute Gasteiger partial charge is 0.373 e. The number of primary amides is 1. The first-order valence-corrected chi connectivity index (χ1v) is 7.69. The van der Waals surface area contributed by atoms with Crippen molar-refractivity contribution in [3.63, 3.8) is 0 Å². The Morgan fingerprint density at radius 2 is 2.04 bits per heavy atom. The standard InChI is InChI=1S/C16H22FN3O2.ClH/c1-20-8-10-4-3-5-11(9-20)16(10,22-2)12-6-7-19-14(13(12)17)15(18)21;/h6-7,10-11H,3-5,8-9H2,1-2H3,(H2,18,21);1H/t10-,11+,16-;. The number of methoxy groups -OCH3 is 1. The average Bonchev–Trinajstić information content (AvgIpc) is 2.46. The van der Waals surface area contributed by atoms with Crippen LogP contribution in [0, 0.1) is 17.7 Å². The predicted molar refractivity (Wildman–Crippen MR) is 87.0 cm³/mol. The van der Waals surface area contributed by atoms with Gasteiger partial charge in [-0.3, -0.25) is 4.79 Å². The number of piperidine rings is 1. The molecule has 2 N–H and O–H groups in total. The van der Waals surface area contributed by atoms with E-state index in [1.54, 1.807) is 13.2 Å². The third-order valence-electron chi connectivity index (χ3n) is 5.26. The number of pyridine rings is 1. The van der Waals surface area contributed by atoms with Gasteiger partial charge in [-0.1, -0.05) is 6.42 Å². The summed E-state index contributed by atoms with van der Waals surface area (Å²) >= 11 is 0. The molecule has 23 heavy (non-hydrogen) atoms. The highest BCUT2D eigenvalue weighted by molar-refractivity contribution is 5.91. The molecule has 2 heterocycles. The molecule has 5 nitrogen and oxygen atoms in total. The zero-order valence-corrected chi connectivity index (χ0v) is 14.2. The Morgan fingerprint density at radius 3 is 2.57 bits per heavy atom. The molecule has 3 rings (SSSR count).